The third-order valence-electron chi connectivity index (χ3n) is 4.06. The standard InChI is InChI=1S/C16H18N2O3S2/c19-14(20)5-4-12-3-1-2-7-18(12)16(21)13-9-17-15(23-13)11-6-8-22-10-11/h6,8-10,12H,1-5,7H2,(H,19,20)/t12-/m0/s1. The highest BCUT2D eigenvalue weighted by Gasteiger charge is 2.29. The number of aliphatic carboxylic acids is 1. The van der Waals surface area contributed by atoms with E-state index in [1.165, 1.54) is 11.3 Å². The highest BCUT2D eigenvalue weighted by Crippen LogP contribution is 2.29. The Morgan fingerprint density at radius 1 is 1.39 bits per heavy atom. The normalized spacial score (nSPS) is 18.1. The van der Waals surface area contributed by atoms with E-state index in [0.717, 1.165) is 29.8 Å². The molecule has 2 aromatic heterocycles. The Morgan fingerprint density at radius 3 is 3.00 bits per heavy atom. The maximum absolute atomic E-state index is 12.8. The highest BCUT2D eigenvalue weighted by atomic mass is 32.1. The SMILES string of the molecule is O=C(O)CC[C@@H]1CCCCN1C(=O)c1cnc(-c2ccsc2)s1. The largest absolute Gasteiger partial charge is 0.481 e. The lowest BCUT2D eigenvalue weighted by atomic mass is 9.97. The molecule has 1 aliphatic heterocycles. The van der Waals surface area contributed by atoms with Gasteiger partial charge in [-0.3, -0.25) is 9.59 Å². The molecular weight excluding hydrogens is 332 g/mol. The summed E-state index contributed by atoms with van der Waals surface area (Å²) in [5, 5.41) is 13.7. The molecule has 1 saturated heterocycles. The Balaban J connectivity index is 1.73. The number of amides is 1. The van der Waals surface area contributed by atoms with Gasteiger partial charge in [0.15, 0.2) is 0 Å². The van der Waals surface area contributed by atoms with Crippen LogP contribution in [-0.2, 0) is 4.79 Å². The van der Waals surface area contributed by atoms with E-state index in [2.05, 4.69) is 4.98 Å². The van der Waals surface area contributed by atoms with E-state index < -0.39 is 5.97 Å². The summed E-state index contributed by atoms with van der Waals surface area (Å²) < 4.78 is 0. The fourth-order valence-electron chi connectivity index (χ4n) is 2.89. The number of aromatic nitrogens is 1. The molecule has 3 rings (SSSR count). The van der Waals surface area contributed by atoms with Crippen molar-refractivity contribution in [3.05, 3.63) is 27.9 Å². The number of carboxylic acid groups (broad SMARTS) is 1. The van der Waals surface area contributed by atoms with Crippen LogP contribution in [0.1, 0.15) is 41.8 Å². The van der Waals surface area contributed by atoms with Gasteiger partial charge in [0, 0.05) is 30.0 Å². The van der Waals surface area contributed by atoms with Crippen LogP contribution in [0.3, 0.4) is 0 Å². The summed E-state index contributed by atoms with van der Waals surface area (Å²) in [4.78, 5) is 30.4. The van der Waals surface area contributed by atoms with Crippen molar-refractivity contribution in [2.45, 2.75) is 38.1 Å². The van der Waals surface area contributed by atoms with Gasteiger partial charge in [0.2, 0.25) is 0 Å². The van der Waals surface area contributed by atoms with Crippen molar-refractivity contribution in [1.29, 1.82) is 0 Å². The first-order chi connectivity index (χ1) is 11.1. The zero-order valence-electron chi connectivity index (χ0n) is 12.6. The average molecular weight is 350 g/mol. The van der Waals surface area contributed by atoms with Crippen LogP contribution in [0, 0.1) is 0 Å². The lowest BCUT2D eigenvalue weighted by molar-refractivity contribution is -0.137. The van der Waals surface area contributed by atoms with E-state index in [9.17, 15) is 9.59 Å². The van der Waals surface area contributed by atoms with Crippen LogP contribution in [-0.4, -0.2) is 39.5 Å². The zero-order valence-corrected chi connectivity index (χ0v) is 14.2. The van der Waals surface area contributed by atoms with Gasteiger partial charge in [0.25, 0.3) is 5.91 Å². The Morgan fingerprint density at radius 2 is 2.26 bits per heavy atom. The minimum absolute atomic E-state index is 0.0148. The Kier molecular flexibility index (Phi) is 5.07. The van der Waals surface area contributed by atoms with Crippen molar-refractivity contribution >= 4 is 34.6 Å². The number of hydrogen-bond donors (Lipinski definition) is 1. The van der Waals surface area contributed by atoms with Crippen LogP contribution in [0.25, 0.3) is 10.6 Å². The predicted molar refractivity (Wildman–Crippen MR) is 91.0 cm³/mol. The van der Waals surface area contributed by atoms with Gasteiger partial charge >= 0.3 is 5.97 Å². The fraction of sp³-hybridized carbons (Fsp3) is 0.438. The van der Waals surface area contributed by atoms with Gasteiger partial charge in [-0.1, -0.05) is 0 Å². The van der Waals surface area contributed by atoms with Crippen molar-refractivity contribution in [2.75, 3.05) is 6.54 Å². The number of carbonyl (C=O) groups is 2. The second kappa shape index (κ2) is 7.23. The molecule has 0 saturated carbocycles. The number of carboxylic acids is 1. The van der Waals surface area contributed by atoms with Crippen LogP contribution in [0.5, 0.6) is 0 Å². The second-order valence-electron chi connectivity index (χ2n) is 5.62. The molecule has 0 spiro atoms. The number of thiophene rings is 1. The molecule has 1 aliphatic rings. The van der Waals surface area contributed by atoms with Gasteiger partial charge in [-0.15, -0.1) is 11.3 Å². The molecule has 3 heterocycles. The van der Waals surface area contributed by atoms with E-state index in [-0.39, 0.29) is 18.4 Å². The van der Waals surface area contributed by atoms with Crippen LogP contribution >= 0.6 is 22.7 Å². The number of piperidine rings is 1. The molecule has 1 atom stereocenters. The molecule has 23 heavy (non-hydrogen) atoms. The molecular formula is C16H18N2O3S2. The Labute approximate surface area is 142 Å². The summed E-state index contributed by atoms with van der Waals surface area (Å²) in [5.41, 5.74) is 1.04. The molecule has 0 radical (unpaired) electrons. The second-order valence-corrected chi connectivity index (χ2v) is 7.43. The molecule has 1 amide bonds. The van der Waals surface area contributed by atoms with Crippen molar-refractivity contribution in [1.82, 2.24) is 9.88 Å². The Hall–Kier alpha value is -1.73. The molecule has 0 aliphatic carbocycles. The predicted octanol–water partition coefficient (Wildman–Crippen LogP) is 3.73. The zero-order chi connectivity index (χ0) is 16.2. The maximum Gasteiger partial charge on any atom is 0.303 e. The number of nitrogens with zero attached hydrogens (tertiary/aromatic N) is 2. The smallest absolute Gasteiger partial charge is 0.303 e. The first-order valence-electron chi connectivity index (χ1n) is 7.66. The Bertz CT molecular complexity index is 681. The average Bonchev–Trinajstić information content (AvgIpc) is 3.23. The van der Waals surface area contributed by atoms with Crippen LogP contribution in [0.4, 0.5) is 0 Å². The first kappa shape index (κ1) is 16.1. The molecule has 1 N–H and O–H groups in total. The lowest BCUT2D eigenvalue weighted by Gasteiger charge is -2.35. The van der Waals surface area contributed by atoms with Gasteiger partial charge < -0.3 is 10.0 Å². The van der Waals surface area contributed by atoms with E-state index in [1.807, 2.05) is 21.7 Å². The highest BCUT2D eigenvalue weighted by molar-refractivity contribution is 7.17. The molecule has 1 fully saturated rings. The van der Waals surface area contributed by atoms with Gasteiger partial charge in [-0.05, 0) is 37.1 Å². The van der Waals surface area contributed by atoms with Crippen LogP contribution in [0.2, 0.25) is 0 Å². The minimum Gasteiger partial charge on any atom is -0.481 e. The molecule has 122 valence electrons. The number of carbonyl (C=O) groups excluding carboxylic acids is 1. The van der Waals surface area contributed by atoms with E-state index >= 15 is 0 Å². The van der Waals surface area contributed by atoms with Gasteiger partial charge in [-0.25, -0.2) is 4.98 Å². The number of hydrogen-bond acceptors (Lipinski definition) is 5. The molecule has 7 heteroatoms. The summed E-state index contributed by atoms with van der Waals surface area (Å²) in [5.74, 6) is -0.820. The summed E-state index contributed by atoms with van der Waals surface area (Å²) in [6, 6.07) is 2.02. The van der Waals surface area contributed by atoms with Crippen molar-refractivity contribution in [3.8, 4) is 10.6 Å². The number of likely N-dealkylation sites (tertiary alicyclic amines) is 1. The van der Waals surface area contributed by atoms with Crippen LogP contribution in [0.15, 0.2) is 23.0 Å². The number of thiazole rings is 1. The van der Waals surface area contributed by atoms with Crippen molar-refractivity contribution in [2.24, 2.45) is 0 Å². The fourth-order valence-corrected chi connectivity index (χ4v) is 4.48. The third kappa shape index (κ3) is 3.79. The van der Waals surface area contributed by atoms with E-state index in [4.69, 9.17) is 5.11 Å². The summed E-state index contributed by atoms with van der Waals surface area (Å²) in [6.45, 7) is 0.703. The van der Waals surface area contributed by atoms with Gasteiger partial charge in [-0.2, -0.15) is 11.3 Å². The third-order valence-corrected chi connectivity index (χ3v) is 5.78. The maximum atomic E-state index is 12.8. The molecule has 0 unspecified atom stereocenters. The summed E-state index contributed by atoms with van der Waals surface area (Å²) in [7, 11) is 0. The lowest BCUT2D eigenvalue weighted by Crippen LogP contribution is -2.43. The first-order valence-corrected chi connectivity index (χ1v) is 9.42. The van der Waals surface area contributed by atoms with E-state index in [1.54, 1.807) is 17.5 Å². The minimum atomic E-state index is -0.805. The quantitative estimate of drug-likeness (QED) is 0.892. The molecule has 0 bridgehead atoms. The van der Waals surface area contributed by atoms with Gasteiger partial charge in [0.05, 0.1) is 6.20 Å². The van der Waals surface area contributed by atoms with Gasteiger partial charge in [0.1, 0.15) is 9.88 Å². The monoisotopic (exact) mass is 350 g/mol. The van der Waals surface area contributed by atoms with Crippen LogP contribution < -0.4 is 0 Å². The molecule has 5 nitrogen and oxygen atoms in total. The number of rotatable bonds is 5. The topological polar surface area (TPSA) is 70.5 Å². The molecule has 0 aromatic carbocycles. The van der Waals surface area contributed by atoms with Crippen molar-refractivity contribution in [3.63, 3.8) is 0 Å². The van der Waals surface area contributed by atoms with Crippen molar-refractivity contribution < 1.29 is 14.7 Å². The summed E-state index contributed by atoms with van der Waals surface area (Å²) in [6.07, 6.45) is 5.19. The summed E-state index contributed by atoms with van der Waals surface area (Å²) >= 11 is 3.01. The molecule has 2 aromatic rings. The van der Waals surface area contributed by atoms with E-state index in [0.29, 0.717) is 17.8 Å².